The molecule has 1 aromatic heterocycles. The molecular weight excluding hydrogens is 392 g/mol. The number of nitrogens with one attached hydrogen (secondary N) is 1. The maximum atomic E-state index is 12.2. The summed E-state index contributed by atoms with van der Waals surface area (Å²) >= 11 is 1.35. The number of aromatic nitrogens is 2. The SMILES string of the molecule is COc1ccc(C=NNC(=O)CSc2nc3ccccc3n2C)c(OC)c1OC. The van der Waals surface area contributed by atoms with E-state index in [0.717, 1.165) is 16.2 Å². The highest BCUT2D eigenvalue weighted by Crippen LogP contribution is 2.38. The zero-order valence-electron chi connectivity index (χ0n) is 16.6. The number of imidazole rings is 1. The van der Waals surface area contributed by atoms with Gasteiger partial charge in [-0.05, 0) is 24.3 Å². The third kappa shape index (κ3) is 4.45. The van der Waals surface area contributed by atoms with E-state index in [9.17, 15) is 4.79 Å². The first kappa shape index (κ1) is 20.5. The van der Waals surface area contributed by atoms with Gasteiger partial charge in [0, 0.05) is 12.6 Å². The minimum absolute atomic E-state index is 0.192. The van der Waals surface area contributed by atoms with E-state index in [-0.39, 0.29) is 11.7 Å². The van der Waals surface area contributed by atoms with Gasteiger partial charge in [0.2, 0.25) is 5.75 Å². The molecule has 0 radical (unpaired) electrons. The summed E-state index contributed by atoms with van der Waals surface area (Å²) in [5.41, 5.74) is 5.09. The maximum Gasteiger partial charge on any atom is 0.250 e. The average molecular weight is 414 g/mol. The molecule has 1 amide bonds. The molecular formula is C20H22N4O4S. The van der Waals surface area contributed by atoms with Crippen LogP contribution in [0.3, 0.4) is 0 Å². The van der Waals surface area contributed by atoms with Gasteiger partial charge in [0.1, 0.15) is 0 Å². The first-order valence-corrected chi connectivity index (χ1v) is 9.72. The van der Waals surface area contributed by atoms with Crippen LogP contribution in [0.4, 0.5) is 0 Å². The number of hydrogen-bond donors (Lipinski definition) is 1. The molecule has 0 saturated carbocycles. The van der Waals surface area contributed by atoms with Crippen molar-refractivity contribution in [3.63, 3.8) is 0 Å². The van der Waals surface area contributed by atoms with Gasteiger partial charge >= 0.3 is 0 Å². The quantitative estimate of drug-likeness (QED) is 0.347. The highest BCUT2D eigenvalue weighted by Gasteiger charge is 2.15. The molecule has 29 heavy (non-hydrogen) atoms. The van der Waals surface area contributed by atoms with E-state index in [0.29, 0.717) is 22.8 Å². The standard InChI is InChI=1S/C20H22N4O4S/c1-24-15-8-6-5-7-14(15)22-20(24)29-12-17(25)23-21-11-13-9-10-16(26-2)19(28-4)18(13)27-3/h5-11H,12H2,1-4H3,(H,23,25). The molecule has 0 aliphatic rings. The molecule has 0 fully saturated rings. The van der Waals surface area contributed by atoms with Crippen LogP contribution in [0, 0.1) is 0 Å². The zero-order valence-corrected chi connectivity index (χ0v) is 17.4. The van der Waals surface area contributed by atoms with Crippen LogP contribution >= 0.6 is 11.8 Å². The lowest BCUT2D eigenvalue weighted by atomic mass is 10.2. The topological polar surface area (TPSA) is 87.0 Å². The monoisotopic (exact) mass is 414 g/mol. The Bertz CT molecular complexity index is 1050. The Morgan fingerprint density at radius 3 is 2.59 bits per heavy atom. The van der Waals surface area contributed by atoms with Crippen LogP contribution in [0.25, 0.3) is 11.0 Å². The molecule has 1 heterocycles. The van der Waals surface area contributed by atoms with Gasteiger partial charge in [0.05, 0.1) is 44.3 Å². The molecule has 0 spiro atoms. The van der Waals surface area contributed by atoms with Crippen LogP contribution in [-0.4, -0.2) is 48.8 Å². The summed E-state index contributed by atoms with van der Waals surface area (Å²) in [5.74, 6) is 1.43. The smallest absolute Gasteiger partial charge is 0.250 e. The summed E-state index contributed by atoms with van der Waals surface area (Å²) in [4.78, 5) is 16.7. The van der Waals surface area contributed by atoms with Crippen molar-refractivity contribution in [3.8, 4) is 17.2 Å². The van der Waals surface area contributed by atoms with E-state index in [1.807, 2.05) is 35.9 Å². The molecule has 0 aliphatic heterocycles. The van der Waals surface area contributed by atoms with Gasteiger partial charge in [-0.15, -0.1) is 0 Å². The van der Waals surface area contributed by atoms with Crippen LogP contribution in [0.5, 0.6) is 17.2 Å². The summed E-state index contributed by atoms with van der Waals surface area (Å²) in [7, 11) is 6.53. The van der Waals surface area contributed by atoms with E-state index >= 15 is 0 Å². The number of hydrazone groups is 1. The van der Waals surface area contributed by atoms with E-state index in [1.54, 1.807) is 19.2 Å². The van der Waals surface area contributed by atoms with Crippen LogP contribution in [-0.2, 0) is 11.8 Å². The lowest BCUT2D eigenvalue weighted by Gasteiger charge is -2.13. The van der Waals surface area contributed by atoms with Gasteiger partial charge in [-0.2, -0.15) is 5.10 Å². The number of hydrogen-bond acceptors (Lipinski definition) is 7. The lowest BCUT2D eigenvalue weighted by Crippen LogP contribution is -2.20. The van der Waals surface area contributed by atoms with E-state index < -0.39 is 0 Å². The van der Waals surface area contributed by atoms with Crippen LogP contribution in [0.2, 0.25) is 0 Å². The van der Waals surface area contributed by atoms with Crippen molar-refractivity contribution in [2.24, 2.45) is 12.1 Å². The number of amides is 1. The Balaban J connectivity index is 1.63. The second-order valence-corrected chi connectivity index (χ2v) is 6.89. The Labute approximate surface area is 172 Å². The van der Waals surface area contributed by atoms with Gasteiger partial charge in [0.25, 0.3) is 5.91 Å². The number of para-hydroxylation sites is 2. The highest BCUT2D eigenvalue weighted by atomic mass is 32.2. The molecule has 8 nitrogen and oxygen atoms in total. The number of carbonyl (C=O) groups excluding carboxylic acids is 1. The molecule has 0 bridgehead atoms. The minimum Gasteiger partial charge on any atom is -0.493 e. The predicted octanol–water partition coefficient (Wildman–Crippen LogP) is 2.84. The molecule has 152 valence electrons. The predicted molar refractivity (Wildman–Crippen MR) is 113 cm³/mol. The first-order chi connectivity index (χ1) is 14.1. The van der Waals surface area contributed by atoms with Crippen molar-refractivity contribution < 1.29 is 19.0 Å². The summed E-state index contributed by atoms with van der Waals surface area (Å²) < 4.78 is 17.9. The number of fused-ring (bicyclic) bond motifs is 1. The number of thioether (sulfide) groups is 1. The Morgan fingerprint density at radius 2 is 1.90 bits per heavy atom. The van der Waals surface area contributed by atoms with Crippen LogP contribution in [0.15, 0.2) is 46.7 Å². The van der Waals surface area contributed by atoms with Crippen molar-refractivity contribution in [3.05, 3.63) is 42.0 Å². The summed E-state index contributed by atoms with van der Waals surface area (Å²) in [6.45, 7) is 0. The Kier molecular flexibility index (Phi) is 6.61. The third-order valence-corrected chi connectivity index (χ3v) is 5.24. The van der Waals surface area contributed by atoms with Crippen LogP contribution < -0.4 is 19.6 Å². The summed E-state index contributed by atoms with van der Waals surface area (Å²) in [6.07, 6.45) is 1.50. The number of methoxy groups -OCH3 is 3. The van der Waals surface area contributed by atoms with Crippen molar-refractivity contribution in [2.45, 2.75) is 5.16 Å². The number of ether oxygens (including phenoxy) is 3. The third-order valence-electron chi connectivity index (χ3n) is 4.21. The fourth-order valence-corrected chi connectivity index (χ4v) is 3.59. The number of aryl methyl sites for hydroxylation is 1. The van der Waals surface area contributed by atoms with Crippen molar-refractivity contribution >= 4 is 34.9 Å². The molecule has 0 atom stereocenters. The van der Waals surface area contributed by atoms with Gasteiger partial charge in [-0.25, -0.2) is 10.4 Å². The molecule has 3 rings (SSSR count). The Hall–Kier alpha value is -3.20. The number of benzene rings is 2. The number of nitrogens with zero attached hydrogens (tertiary/aromatic N) is 3. The van der Waals surface area contributed by atoms with E-state index in [4.69, 9.17) is 14.2 Å². The van der Waals surface area contributed by atoms with Crippen molar-refractivity contribution in [1.29, 1.82) is 0 Å². The summed E-state index contributed by atoms with van der Waals surface area (Å²) in [6, 6.07) is 11.3. The fourth-order valence-electron chi connectivity index (χ4n) is 2.81. The zero-order chi connectivity index (χ0) is 20.8. The number of carbonyl (C=O) groups is 1. The van der Waals surface area contributed by atoms with E-state index in [1.165, 1.54) is 32.2 Å². The molecule has 1 N–H and O–H groups in total. The lowest BCUT2D eigenvalue weighted by molar-refractivity contribution is -0.118. The molecule has 0 aliphatic carbocycles. The second-order valence-electron chi connectivity index (χ2n) is 5.95. The van der Waals surface area contributed by atoms with Gasteiger partial charge in [0.15, 0.2) is 16.7 Å². The maximum absolute atomic E-state index is 12.2. The molecule has 2 aromatic carbocycles. The molecule has 9 heteroatoms. The minimum atomic E-state index is -0.238. The summed E-state index contributed by atoms with van der Waals surface area (Å²) in [5, 5.41) is 4.79. The van der Waals surface area contributed by atoms with Gasteiger partial charge in [-0.3, -0.25) is 4.79 Å². The van der Waals surface area contributed by atoms with Crippen molar-refractivity contribution in [2.75, 3.05) is 27.1 Å². The average Bonchev–Trinajstić information content (AvgIpc) is 3.07. The van der Waals surface area contributed by atoms with Crippen LogP contribution in [0.1, 0.15) is 5.56 Å². The fraction of sp³-hybridized carbons (Fsp3) is 0.250. The van der Waals surface area contributed by atoms with E-state index in [2.05, 4.69) is 15.5 Å². The molecule has 3 aromatic rings. The molecule has 0 unspecified atom stereocenters. The normalized spacial score (nSPS) is 11.0. The van der Waals surface area contributed by atoms with Gasteiger partial charge in [-0.1, -0.05) is 23.9 Å². The highest BCUT2D eigenvalue weighted by molar-refractivity contribution is 7.99. The Morgan fingerprint density at radius 1 is 1.14 bits per heavy atom. The first-order valence-electron chi connectivity index (χ1n) is 8.74. The van der Waals surface area contributed by atoms with Crippen molar-refractivity contribution in [1.82, 2.24) is 15.0 Å². The number of rotatable bonds is 8. The largest absolute Gasteiger partial charge is 0.493 e. The van der Waals surface area contributed by atoms with Gasteiger partial charge < -0.3 is 18.8 Å². The molecule has 0 saturated heterocycles. The second kappa shape index (κ2) is 9.33.